The summed E-state index contributed by atoms with van der Waals surface area (Å²) in [5.41, 5.74) is 0.608. The van der Waals surface area contributed by atoms with E-state index in [9.17, 15) is 4.79 Å². The highest BCUT2D eigenvalue weighted by atomic mass is 16.5. The van der Waals surface area contributed by atoms with Crippen LogP contribution in [0.3, 0.4) is 0 Å². The number of carbonyl (C=O) groups is 1. The number of rotatable bonds is 4. The lowest BCUT2D eigenvalue weighted by Gasteiger charge is -2.23. The summed E-state index contributed by atoms with van der Waals surface area (Å²) in [5, 5.41) is 6.35. The minimum atomic E-state index is -0.0612. The molecular formula is C17H19N3O2. The molecule has 0 bridgehead atoms. The summed E-state index contributed by atoms with van der Waals surface area (Å²) in [5.74, 6) is 1.28. The topological polar surface area (TPSA) is 63.2 Å². The van der Waals surface area contributed by atoms with Crippen LogP contribution in [0.25, 0.3) is 0 Å². The number of benzene rings is 1. The Labute approximate surface area is 129 Å². The summed E-state index contributed by atoms with van der Waals surface area (Å²) in [7, 11) is 0. The Balaban J connectivity index is 1.66. The van der Waals surface area contributed by atoms with Gasteiger partial charge in [0, 0.05) is 30.5 Å². The fraction of sp³-hybridized carbons (Fsp3) is 0.294. The Morgan fingerprint density at radius 2 is 2.09 bits per heavy atom. The van der Waals surface area contributed by atoms with Crippen molar-refractivity contribution >= 4 is 5.91 Å². The molecular weight excluding hydrogens is 278 g/mol. The Morgan fingerprint density at radius 1 is 1.23 bits per heavy atom. The molecule has 1 aliphatic rings. The zero-order chi connectivity index (χ0) is 15.2. The van der Waals surface area contributed by atoms with E-state index >= 15 is 0 Å². The van der Waals surface area contributed by atoms with Crippen LogP contribution in [0.15, 0.2) is 48.8 Å². The quantitative estimate of drug-likeness (QED) is 0.909. The molecule has 0 radical (unpaired) electrons. The maximum absolute atomic E-state index is 12.3. The Morgan fingerprint density at radius 3 is 2.86 bits per heavy atom. The highest BCUT2D eigenvalue weighted by Gasteiger charge is 2.16. The molecule has 1 atom stereocenters. The summed E-state index contributed by atoms with van der Waals surface area (Å²) >= 11 is 0. The van der Waals surface area contributed by atoms with Crippen molar-refractivity contribution in [3.8, 4) is 11.5 Å². The number of nitrogens with one attached hydrogen (secondary N) is 2. The van der Waals surface area contributed by atoms with Crippen molar-refractivity contribution in [1.82, 2.24) is 15.6 Å². The van der Waals surface area contributed by atoms with Crippen molar-refractivity contribution < 1.29 is 9.53 Å². The van der Waals surface area contributed by atoms with E-state index in [4.69, 9.17) is 4.74 Å². The van der Waals surface area contributed by atoms with Gasteiger partial charge in [-0.15, -0.1) is 0 Å². The van der Waals surface area contributed by atoms with Gasteiger partial charge < -0.3 is 15.4 Å². The molecule has 3 rings (SSSR count). The summed E-state index contributed by atoms with van der Waals surface area (Å²) in [6.45, 7) is 1.86. The minimum absolute atomic E-state index is 0.0612. The molecule has 1 amide bonds. The first-order chi connectivity index (χ1) is 10.8. The Kier molecular flexibility index (Phi) is 4.65. The fourth-order valence-corrected chi connectivity index (χ4v) is 2.49. The van der Waals surface area contributed by atoms with Crippen molar-refractivity contribution in [3.63, 3.8) is 0 Å². The van der Waals surface area contributed by atoms with Gasteiger partial charge in [0.25, 0.3) is 5.91 Å². The van der Waals surface area contributed by atoms with Gasteiger partial charge in [-0.2, -0.15) is 0 Å². The number of aromatic nitrogens is 1. The molecule has 5 heteroatoms. The molecule has 1 aliphatic heterocycles. The van der Waals surface area contributed by atoms with Crippen molar-refractivity contribution in [2.75, 3.05) is 13.1 Å². The molecule has 1 fully saturated rings. The third-order valence-corrected chi connectivity index (χ3v) is 3.61. The van der Waals surface area contributed by atoms with E-state index in [2.05, 4.69) is 15.6 Å². The normalized spacial score (nSPS) is 17.7. The number of nitrogens with zero attached hydrogens (tertiary/aromatic N) is 1. The molecule has 1 aromatic carbocycles. The fourth-order valence-electron chi connectivity index (χ4n) is 2.49. The van der Waals surface area contributed by atoms with Gasteiger partial charge in [-0.3, -0.25) is 9.78 Å². The number of amides is 1. The highest BCUT2D eigenvalue weighted by Crippen LogP contribution is 2.21. The van der Waals surface area contributed by atoms with Crippen LogP contribution in [-0.4, -0.2) is 30.0 Å². The van der Waals surface area contributed by atoms with E-state index in [1.807, 2.05) is 12.1 Å². The SMILES string of the molecule is O=C(N[C@H]1CCCNC1)c1cccc(Oc2ccncc2)c1. The molecule has 2 heterocycles. The van der Waals surface area contributed by atoms with Crippen LogP contribution >= 0.6 is 0 Å². The lowest BCUT2D eigenvalue weighted by Crippen LogP contribution is -2.45. The molecule has 2 N–H and O–H groups in total. The molecule has 1 aromatic heterocycles. The van der Waals surface area contributed by atoms with Crippen LogP contribution in [0.1, 0.15) is 23.2 Å². The highest BCUT2D eigenvalue weighted by molar-refractivity contribution is 5.94. The van der Waals surface area contributed by atoms with Crippen LogP contribution in [0.5, 0.6) is 11.5 Å². The first kappa shape index (κ1) is 14.5. The number of hydrogen-bond donors (Lipinski definition) is 2. The van der Waals surface area contributed by atoms with E-state index in [1.165, 1.54) is 0 Å². The lowest BCUT2D eigenvalue weighted by atomic mass is 10.1. The van der Waals surface area contributed by atoms with Crippen molar-refractivity contribution in [1.29, 1.82) is 0 Å². The molecule has 2 aromatic rings. The number of hydrogen-bond acceptors (Lipinski definition) is 4. The second kappa shape index (κ2) is 7.04. The van der Waals surface area contributed by atoms with Crippen LogP contribution in [0, 0.1) is 0 Å². The zero-order valence-electron chi connectivity index (χ0n) is 12.3. The maximum Gasteiger partial charge on any atom is 0.251 e. The van der Waals surface area contributed by atoms with Crippen LogP contribution in [0.4, 0.5) is 0 Å². The van der Waals surface area contributed by atoms with Gasteiger partial charge in [-0.1, -0.05) is 6.07 Å². The molecule has 22 heavy (non-hydrogen) atoms. The molecule has 5 nitrogen and oxygen atoms in total. The number of pyridine rings is 1. The number of ether oxygens (including phenoxy) is 1. The number of carbonyl (C=O) groups excluding carboxylic acids is 1. The molecule has 114 valence electrons. The molecule has 0 saturated carbocycles. The predicted octanol–water partition coefficient (Wildman–Crippen LogP) is 2.36. The second-order valence-corrected chi connectivity index (χ2v) is 5.33. The first-order valence-corrected chi connectivity index (χ1v) is 7.51. The second-order valence-electron chi connectivity index (χ2n) is 5.33. The van der Waals surface area contributed by atoms with E-state index in [1.54, 1.807) is 36.7 Å². The van der Waals surface area contributed by atoms with Crippen LogP contribution in [0.2, 0.25) is 0 Å². The summed E-state index contributed by atoms with van der Waals surface area (Å²) in [4.78, 5) is 16.3. The Hall–Kier alpha value is -2.40. The van der Waals surface area contributed by atoms with Gasteiger partial charge >= 0.3 is 0 Å². The van der Waals surface area contributed by atoms with E-state index in [0.717, 1.165) is 25.9 Å². The summed E-state index contributed by atoms with van der Waals surface area (Å²) < 4.78 is 5.73. The standard InChI is InChI=1S/C17H19N3O2/c21-17(20-14-4-2-8-19-12-14)13-3-1-5-16(11-13)22-15-6-9-18-10-7-15/h1,3,5-7,9-11,14,19H,2,4,8,12H2,(H,20,21)/t14-/m0/s1. The van der Waals surface area contributed by atoms with E-state index in [-0.39, 0.29) is 11.9 Å². The van der Waals surface area contributed by atoms with Gasteiger partial charge in [0.15, 0.2) is 0 Å². The summed E-state index contributed by atoms with van der Waals surface area (Å²) in [6, 6.07) is 11.0. The Bertz CT molecular complexity index is 625. The molecule has 1 saturated heterocycles. The summed E-state index contributed by atoms with van der Waals surface area (Å²) in [6.07, 6.45) is 5.45. The average Bonchev–Trinajstić information content (AvgIpc) is 2.57. The van der Waals surface area contributed by atoms with Crippen molar-refractivity contribution in [3.05, 3.63) is 54.4 Å². The van der Waals surface area contributed by atoms with Gasteiger partial charge in [-0.25, -0.2) is 0 Å². The third-order valence-electron chi connectivity index (χ3n) is 3.61. The van der Waals surface area contributed by atoms with Gasteiger partial charge in [-0.05, 0) is 49.7 Å². The maximum atomic E-state index is 12.3. The minimum Gasteiger partial charge on any atom is -0.457 e. The van der Waals surface area contributed by atoms with E-state index < -0.39 is 0 Å². The number of piperidine rings is 1. The molecule has 0 aliphatic carbocycles. The first-order valence-electron chi connectivity index (χ1n) is 7.51. The van der Waals surface area contributed by atoms with Crippen molar-refractivity contribution in [2.24, 2.45) is 0 Å². The zero-order valence-corrected chi connectivity index (χ0v) is 12.3. The predicted molar refractivity (Wildman–Crippen MR) is 84.1 cm³/mol. The van der Waals surface area contributed by atoms with Gasteiger partial charge in [0.2, 0.25) is 0 Å². The van der Waals surface area contributed by atoms with Crippen LogP contribution in [-0.2, 0) is 0 Å². The average molecular weight is 297 g/mol. The van der Waals surface area contributed by atoms with Gasteiger partial charge in [0.05, 0.1) is 0 Å². The lowest BCUT2D eigenvalue weighted by molar-refractivity contribution is 0.0930. The third kappa shape index (κ3) is 3.83. The van der Waals surface area contributed by atoms with Crippen LogP contribution < -0.4 is 15.4 Å². The van der Waals surface area contributed by atoms with Gasteiger partial charge in [0.1, 0.15) is 11.5 Å². The molecule has 0 spiro atoms. The van der Waals surface area contributed by atoms with E-state index in [0.29, 0.717) is 17.1 Å². The molecule has 0 unspecified atom stereocenters. The largest absolute Gasteiger partial charge is 0.457 e. The smallest absolute Gasteiger partial charge is 0.251 e. The monoisotopic (exact) mass is 297 g/mol. The van der Waals surface area contributed by atoms with Crippen molar-refractivity contribution in [2.45, 2.75) is 18.9 Å².